The molecular weight excluding hydrogens is 312 g/mol. The van der Waals surface area contributed by atoms with E-state index in [1.165, 1.54) is 0 Å². The number of nitrogens with zero attached hydrogens (tertiary/aromatic N) is 2. The average Bonchev–Trinajstić information content (AvgIpc) is 2.49. The molecule has 0 aromatic rings. The zero-order chi connectivity index (χ0) is 17.5. The molecule has 0 saturated carbocycles. The minimum absolute atomic E-state index is 0.125. The first-order chi connectivity index (χ1) is 10.9. The average molecular weight is 334 g/mol. The first-order valence-corrected chi connectivity index (χ1v) is 8.61. The highest BCUT2D eigenvalue weighted by molar-refractivity contribution is 8.03. The predicted octanol–water partition coefficient (Wildman–Crippen LogP) is 2.06. The van der Waals surface area contributed by atoms with Crippen molar-refractivity contribution in [3.8, 4) is 12.1 Å². The van der Waals surface area contributed by atoms with Gasteiger partial charge in [-0.25, -0.2) is 0 Å². The molecule has 0 unspecified atom stereocenters. The van der Waals surface area contributed by atoms with Crippen molar-refractivity contribution in [3.05, 3.63) is 10.6 Å². The van der Waals surface area contributed by atoms with Gasteiger partial charge in [-0.1, -0.05) is 45.4 Å². The summed E-state index contributed by atoms with van der Waals surface area (Å²) in [5.74, 6) is -1.35. The molecule has 23 heavy (non-hydrogen) atoms. The van der Waals surface area contributed by atoms with Gasteiger partial charge in [0.1, 0.15) is 5.92 Å². The maximum Gasteiger partial charge on any atom is 0.243 e. The summed E-state index contributed by atoms with van der Waals surface area (Å²) in [6, 6.07) is 4.02. The lowest BCUT2D eigenvalue weighted by molar-refractivity contribution is -0.125. The van der Waals surface area contributed by atoms with Gasteiger partial charge in [0.15, 0.2) is 0 Å². The van der Waals surface area contributed by atoms with Crippen molar-refractivity contribution in [2.45, 2.75) is 40.0 Å². The van der Waals surface area contributed by atoms with Crippen LogP contribution >= 0.6 is 11.8 Å². The summed E-state index contributed by atoms with van der Waals surface area (Å²) in [5.41, 5.74) is -0.529. The Labute approximate surface area is 141 Å². The van der Waals surface area contributed by atoms with Crippen molar-refractivity contribution in [3.63, 3.8) is 0 Å². The number of unbranched alkanes of at least 4 members (excludes halogenated alkanes) is 2. The Kier molecular flexibility index (Phi) is 7.12. The number of amides is 2. The predicted molar refractivity (Wildman–Crippen MR) is 88.7 cm³/mol. The van der Waals surface area contributed by atoms with Crippen molar-refractivity contribution >= 4 is 23.6 Å². The molecule has 2 amide bonds. The van der Waals surface area contributed by atoms with E-state index >= 15 is 0 Å². The Hall–Kier alpha value is -1.99. The fourth-order valence-electron chi connectivity index (χ4n) is 2.33. The molecule has 1 heterocycles. The van der Waals surface area contributed by atoms with E-state index in [1.807, 2.05) is 6.07 Å². The Morgan fingerprint density at radius 1 is 1.39 bits per heavy atom. The standard InChI is InChI=1S/C16H22N4O2S/c1-4-5-6-7-19-13(21)10-23-15-12(9-18)16(2,3)11(8-17)14(22)20-15/h11H,4-7,10H2,1-3H3,(H,19,21)(H,20,22)/t11-/m1/s1. The summed E-state index contributed by atoms with van der Waals surface area (Å²) in [5, 5.41) is 24.3. The van der Waals surface area contributed by atoms with Crippen molar-refractivity contribution in [2.24, 2.45) is 11.3 Å². The van der Waals surface area contributed by atoms with Crippen molar-refractivity contribution < 1.29 is 9.59 Å². The molecule has 7 heteroatoms. The highest BCUT2D eigenvalue weighted by Crippen LogP contribution is 2.41. The highest BCUT2D eigenvalue weighted by atomic mass is 32.2. The van der Waals surface area contributed by atoms with E-state index in [1.54, 1.807) is 13.8 Å². The lowest BCUT2D eigenvalue weighted by Gasteiger charge is -2.34. The molecule has 0 aromatic carbocycles. The number of hydrogen-bond acceptors (Lipinski definition) is 5. The third kappa shape index (κ3) is 4.74. The van der Waals surface area contributed by atoms with Crippen LogP contribution in [-0.2, 0) is 9.59 Å². The lowest BCUT2D eigenvalue weighted by atomic mass is 9.72. The van der Waals surface area contributed by atoms with Crippen LogP contribution in [0, 0.1) is 34.0 Å². The molecule has 1 aliphatic rings. The van der Waals surface area contributed by atoms with Crippen LogP contribution in [0.3, 0.4) is 0 Å². The summed E-state index contributed by atoms with van der Waals surface area (Å²) < 4.78 is 0. The van der Waals surface area contributed by atoms with Gasteiger partial charge in [-0.05, 0) is 6.42 Å². The quantitative estimate of drug-likeness (QED) is 0.693. The van der Waals surface area contributed by atoms with Gasteiger partial charge in [0, 0.05) is 12.0 Å². The molecule has 2 N–H and O–H groups in total. The Balaban J connectivity index is 2.73. The van der Waals surface area contributed by atoms with E-state index in [0.29, 0.717) is 17.1 Å². The van der Waals surface area contributed by atoms with E-state index in [2.05, 4.69) is 23.6 Å². The van der Waals surface area contributed by atoms with Gasteiger partial charge in [0.2, 0.25) is 11.8 Å². The van der Waals surface area contributed by atoms with Crippen molar-refractivity contribution in [2.75, 3.05) is 12.3 Å². The topological polar surface area (TPSA) is 106 Å². The maximum absolute atomic E-state index is 12.0. The van der Waals surface area contributed by atoms with Gasteiger partial charge in [0.05, 0.1) is 28.5 Å². The van der Waals surface area contributed by atoms with Crippen LogP contribution in [0.15, 0.2) is 10.6 Å². The van der Waals surface area contributed by atoms with E-state index in [-0.39, 0.29) is 11.7 Å². The first-order valence-electron chi connectivity index (χ1n) is 7.63. The number of thioether (sulfide) groups is 1. The second-order valence-corrected chi connectivity index (χ2v) is 6.92. The molecule has 0 aliphatic carbocycles. The number of hydrogen-bond donors (Lipinski definition) is 2. The van der Waals surface area contributed by atoms with Crippen LogP contribution in [0.5, 0.6) is 0 Å². The van der Waals surface area contributed by atoms with Gasteiger partial charge in [0.25, 0.3) is 0 Å². The molecule has 0 aromatic heterocycles. The largest absolute Gasteiger partial charge is 0.355 e. The number of allylic oxidation sites excluding steroid dienone is 1. The zero-order valence-corrected chi connectivity index (χ0v) is 14.5. The van der Waals surface area contributed by atoms with E-state index in [4.69, 9.17) is 5.26 Å². The molecule has 1 rings (SSSR count). The monoisotopic (exact) mass is 334 g/mol. The summed E-state index contributed by atoms with van der Waals surface area (Å²) in [6.07, 6.45) is 3.09. The molecule has 0 fully saturated rings. The number of carbonyl (C=O) groups excluding carboxylic acids is 2. The second kappa shape index (κ2) is 8.59. The summed E-state index contributed by atoms with van der Waals surface area (Å²) in [4.78, 5) is 23.8. The minimum atomic E-state index is -0.913. The van der Waals surface area contributed by atoms with Crippen LogP contribution in [0.1, 0.15) is 40.0 Å². The van der Waals surface area contributed by atoms with Crippen molar-refractivity contribution in [1.82, 2.24) is 10.6 Å². The van der Waals surface area contributed by atoms with E-state index in [0.717, 1.165) is 31.0 Å². The Morgan fingerprint density at radius 3 is 2.65 bits per heavy atom. The van der Waals surface area contributed by atoms with Gasteiger partial charge >= 0.3 is 0 Å². The fraction of sp³-hybridized carbons (Fsp3) is 0.625. The molecule has 6 nitrogen and oxygen atoms in total. The summed E-state index contributed by atoms with van der Waals surface area (Å²) >= 11 is 1.12. The minimum Gasteiger partial charge on any atom is -0.355 e. The molecular formula is C16H22N4O2S. The van der Waals surface area contributed by atoms with Gasteiger partial charge in [-0.2, -0.15) is 10.5 Å². The molecule has 0 bridgehead atoms. The Bertz CT molecular complexity index is 584. The number of carbonyl (C=O) groups is 2. The van der Waals surface area contributed by atoms with E-state index < -0.39 is 17.2 Å². The molecule has 1 aliphatic heterocycles. The smallest absolute Gasteiger partial charge is 0.243 e. The van der Waals surface area contributed by atoms with Gasteiger partial charge < -0.3 is 10.6 Å². The molecule has 124 valence electrons. The SMILES string of the molecule is CCCCCNC(=O)CSC1=C(C#N)C(C)(C)[C@H](C#N)C(=O)N1. The molecule has 0 saturated heterocycles. The number of nitrogens with one attached hydrogen (secondary N) is 2. The third-order valence-corrected chi connectivity index (χ3v) is 4.78. The Morgan fingerprint density at radius 2 is 2.09 bits per heavy atom. The lowest BCUT2D eigenvalue weighted by Crippen LogP contribution is -2.44. The number of nitriles is 2. The van der Waals surface area contributed by atoms with Crippen LogP contribution in [-0.4, -0.2) is 24.1 Å². The van der Waals surface area contributed by atoms with Crippen LogP contribution in [0.2, 0.25) is 0 Å². The molecule has 0 spiro atoms. The van der Waals surface area contributed by atoms with Crippen molar-refractivity contribution in [1.29, 1.82) is 10.5 Å². The first kappa shape index (κ1) is 19.1. The summed E-state index contributed by atoms with van der Waals surface area (Å²) in [6.45, 7) is 6.12. The maximum atomic E-state index is 12.0. The fourth-order valence-corrected chi connectivity index (χ4v) is 3.33. The number of rotatable bonds is 7. The second-order valence-electron chi connectivity index (χ2n) is 5.93. The summed E-state index contributed by atoms with van der Waals surface area (Å²) in [7, 11) is 0. The van der Waals surface area contributed by atoms with Gasteiger partial charge in [-0.15, -0.1) is 0 Å². The highest BCUT2D eigenvalue weighted by Gasteiger charge is 2.44. The van der Waals surface area contributed by atoms with Crippen LogP contribution in [0.25, 0.3) is 0 Å². The molecule has 1 atom stereocenters. The molecule has 0 radical (unpaired) electrons. The van der Waals surface area contributed by atoms with Crippen LogP contribution < -0.4 is 10.6 Å². The third-order valence-electron chi connectivity index (χ3n) is 3.78. The zero-order valence-electron chi connectivity index (χ0n) is 13.7. The normalized spacial score (nSPS) is 19.5. The van der Waals surface area contributed by atoms with Gasteiger partial charge in [-0.3, -0.25) is 9.59 Å². The van der Waals surface area contributed by atoms with Crippen LogP contribution in [0.4, 0.5) is 0 Å². The van der Waals surface area contributed by atoms with E-state index in [9.17, 15) is 14.9 Å².